The van der Waals surface area contributed by atoms with Crippen LogP contribution in [0.15, 0.2) is 0 Å². The molecule has 1 fully saturated rings. The van der Waals surface area contributed by atoms with Crippen molar-refractivity contribution in [3.05, 3.63) is 0 Å². The highest BCUT2D eigenvalue weighted by Crippen LogP contribution is 2.21. The molecule has 2 atom stereocenters. The molecule has 1 aliphatic rings. The van der Waals surface area contributed by atoms with E-state index in [9.17, 15) is 9.59 Å². The molecule has 0 spiro atoms. The Labute approximate surface area is 102 Å². The molecule has 0 radical (unpaired) electrons. The van der Waals surface area contributed by atoms with Gasteiger partial charge in [-0.05, 0) is 25.8 Å². The van der Waals surface area contributed by atoms with Crippen molar-refractivity contribution in [2.75, 3.05) is 6.54 Å². The summed E-state index contributed by atoms with van der Waals surface area (Å²) in [4.78, 5) is 25.0. The molecule has 0 saturated carbocycles. The van der Waals surface area contributed by atoms with Gasteiger partial charge in [-0.15, -0.1) is 0 Å². The maximum absolute atomic E-state index is 11.7. The van der Waals surface area contributed by atoms with E-state index in [1.807, 2.05) is 11.8 Å². The second-order valence-corrected chi connectivity index (χ2v) is 4.46. The molecule has 0 aromatic heterocycles. The Morgan fingerprint density at radius 2 is 2.18 bits per heavy atom. The van der Waals surface area contributed by atoms with Crippen molar-refractivity contribution in [3.8, 4) is 0 Å². The minimum Gasteiger partial charge on any atom is -0.368 e. The number of nitrogens with two attached hydrogens (primary N) is 2. The van der Waals surface area contributed by atoms with Crippen LogP contribution in [0.1, 0.15) is 39.0 Å². The third kappa shape index (κ3) is 3.41. The quantitative estimate of drug-likeness (QED) is 0.343. The molecule has 0 aliphatic carbocycles. The molecule has 0 aromatic carbocycles. The number of carbonyl (C=O) groups excluding carboxylic acids is 2. The van der Waals surface area contributed by atoms with Gasteiger partial charge in [0, 0.05) is 0 Å². The van der Waals surface area contributed by atoms with Gasteiger partial charge in [0.1, 0.15) is 0 Å². The number of primary amides is 1. The number of nitrogens with zero attached hydrogens (tertiary/aromatic N) is 1. The lowest BCUT2D eigenvalue weighted by Gasteiger charge is -2.38. The van der Waals surface area contributed by atoms with Crippen LogP contribution in [-0.4, -0.2) is 35.3 Å². The monoisotopic (exact) mass is 242 g/mol. The number of hydrogen-bond acceptors (Lipinski definition) is 4. The Kier molecular flexibility index (Phi) is 5.37. The molecule has 0 bridgehead atoms. The number of nitrogens with one attached hydrogen (secondary N) is 1. The highest BCUT2D eigenvalue weighted by molar-refractivity contribution is 5.84. The summed E-state index contributed by atoms with van der Waals surface area (Å²) in [7, 11) is 0. The van der Waals surface area contributed by atoms with Crippen LogP contribution in [0.2, 0.25) is 0 Å². The Morgan fingerprint density at radius 1 is 1.47 bits per heavy atom. The van der Waals surface area contributed by atoms with Crippen molar-refractivity contribution in [2.24, 2.45) is 11.6 Å². The maximum Gasteiger partial charge on any atom is 0.251 e. The SMILES string of the molecule is CCCC(C(=O)NN)N1CCCCC1C(N)=O. The van der Waals surface area contributed by atoms with Crippen molar-refractivity contribution >= 4 is 11.8 Å². The van der Waals surface area contributed by atoms with E-state index in [4.69, 9.17) is 11.6 Å². The van der Waals surface area contributed by atoms with Crippen LogP contribution in [0.3, 0.4) is 0 Å². The first-order chi connectivity index (χ1) is 8.11. The van der Waals surface area contributed by atoms with Gasteiger partial charge in [0.2, 0.25) is 5.91 Å². The number of likely N-dealkylation sites (tertiary alicyclic amines) is 1. The predicted molar refractivity (Wildman–Crippen MR) is 64.6 cm³/mol. The lowest BCUT2D eigenvalue weighted by Crippen LogP contribution is -2.57. The largest absolute Gasteiger partial charge is 0.368 e. The summed E-state index contributed by atoms with van der Waals surface area (Å²) in [5, 5.41) is 0. The lowest BCUT2D eigenvalue weighted by atomic mass is 9.97. The van der Waals surface area contributed by atoms with Gasteiger partial charge in [0.15, 0.2) is 0 Å². The topological polar surface area (TPSA) is 101 Å². The Balaban J connectivity index is 2.81. The third-order valence-electron chi connectivity index (χ3n) is 3.28. The number of rotatable bonds is 5. The van der Waals surface area contributed by atoms with Gasteiger partial charge in [0.25, 0.3) is 5.91 Å². The van der Waals surface area contributed by atoms with Crippen LogP contribution >= 0.6 is 0 Å². The van der Waals surface area contributed by atoms with Gasteiger partial charge in [-0.3, -0.25) is 19.9 Å². The minimum absolute atomic E-state index is 0.236. The molecule has 1 heterocycles. The van der Waals surface area contributed by atoms with Gasteiger partial charge in [-0.2, -0.15) is 0 Å². The number of hydrazine groups is 1. The second-order valence-electron chi connectivity index (χ2n) is 4.46. The molecule has 2 amide bonds. The number of carbonyl (C=O) groups is 2. The highest BCUT2D eigenvalue weighted by Gasteiger charge is 2.35. The summed E-state index contributed by atoms with van der Waals surface area (Å²) in [5.74, 6) is 4.60. The van der Waals surface area contributed by atoms with Crippen molar-refractivity contribution in [3.63, 3.8) is 0 Å². The van der Waals surface area contributed by atoms with Crippen LogP contribution in [-0.2, 0) is 9.59 Å². The van der Waals surface area contributed by atoms with Crippen LogP contribution in [0.5, 0.6) is 0 Å². The normalized spacial score (nSPS) is 23.1. The van der Waals surface area contributed by atoms with E-state index < -0.39 is 0 Å². The Hall–Kier alpha value is -1.14. The van der Waals surface area contributed by atoms with Crippen LogP contribution in [0.4, 0.5) is 0 Å². The first-order valence-electron chi connectivity index (χ1n) is 6.17. The third-order valence-corrected chi connectivity index (χ3v) is 3.28. The van der Waals surface area contributed by atoms with E-state index in [2.05, 4.69) is 5.43 Å². The Morgan fingerprint density at radius 3 is 2.71 bits per heavy atom. The van der Waals surface area contributed by atoms with E-state index in [-0.39, 0.29) is 23.9 Å². The molecule has 2 unspecified atom stereocenters. The van der Waals surface area contributed by atoms with Crippen LogP contribution < -0.4 is 17.0 Å². The molecule has 5 N–H and O–H groups in total. The molecular formula is C11H22N4O2. The number of piperidine rings is 1. The van der Waals surface area contributed by atoms with Crippen molar-refractivity contribution in [1.29, 1.82) is 0 Å². The van der Waals surface area contributed by atoms with E-state index in [0.717, 1.165) is 32.2 Å². The summed E-state index contributed by atoms with van der Waals surface area (Å²) in [6.45, 7) is 2.73. The number of hydrogen-bond donors (Lipinski definition) is 3. The molecule has 0 aromatic rings. The minimum atomic E-state index is -0.351. The maximum atomic E-state index is 11.7. The fourth-order valence-corrected chi connectivity index (χ4v) is 2.45. The van der Waals surface area contributed by atoms with E-state index in [1.165, 1.54) is 0 Å². The van der Waals surface area contributed by atoms with Gasteiger partial charge >= 0.3 is 0 Å². The molecule has 6 nitrogen and oxygen atoms in total. The molecular weight excluding hydrogens is 220 g/mol. The molecule has 6 heteroatoms. The number of amides is 2. The van der Waals surface area contributed by atoms with Crippen molar-refractivity contribution in [2.45, 2.75) is 51.1 Å². The van der Waals surface area contributed by atoms with E-state index >= 15 is 0 Å². The summed E-state index contributed by atoms with van der Waals surface area (Å²) in [5.41, 5.74) is 7.56. The smallest absolute Gasteiger partial charge is 0.251 e. The zero-order valence-electron chi connectivity index (χ0n) is 10.3. The van der Waals surface area contributed by atoms with Gasteiger partial charge in [0.05, 0.1) is 12.1 Å². The van der Waals surface area contributed by atoms with Gasteiger partial charge in [-0.25, -0.2) is 5.84 Å². The molecule has 98 valence electrons. The predicted octanol–water partition coefficient (Wildman–Crippen LogP) is -0.515. The fraction of sp³-hybridized carbons (Fsp3) is 0.818. The Bertz CT molecular complexity index is 283. The average Bonchev–Trinajstić information content (AvgIpc) is 2.35. The average molecular weight is 242 g/mol. The lowest BCUT2D eigenvalue weighted by molar-refractivity contribution is -0.133. The van der Waals surface area contributed by atoms with Crippen LogP contribution in [0.25, 0.3) is 0 Å². The second kappa shape index (κ2) is 6.56. The summed E-state index contributed by atoms with van der Waals surface area (Å²) in [6.07, 6.45) is 4.25. The first-order valence-corrected chi connectivity index (χ1v) is 6.17. The van der Waals surface area contributed by atoms with E-state index in [0.29, 0.717) is 6.42 Å². The summed E-state index contributed by atoms with van der Waals surface area (Å²) < 4.78 is 0. The van der Waals surface area contributed by atoms with E-state index in [1.54, 1.807) is 0 Å². The molecule has 1 saturated heterocycles. The molecule has 1 aliphatic heterocycles. The van der Waals surface area contributed by atoms with Crippen molar-refractivity contribution in [1.82, 2.24) is 10.3 Å². The molecule has 1 rings (SSSR count). The summed E-state index contributed by atoms with van der Waals surface area (Å²) in [6, 6.07) is -0.680. The highest BCUT2D eigenvalue weighted by atomic mass is 16.2. The van der Waals surface area contributed by atoms with Crippen LogP contribution in [0, 0.1) is 0 Å². The standard InChI is InChI=1S/C11H22N4O2/c1-2-5-9(11(17)14-13)15-7-4-3-6-8(15)10(12)16/h8-9H,2-7,13H2,1H3,(H2,12,16)(H,14,17). The van der Waals surface area contributed by atoms with Gasteiger partial charge < -0.3 is 5.73 Å². The fourth-order valence-electron chi connectivity index (χ4n) is 2.45. The zero-order chi connectivity index (χ0) is 12.8. The first kappa shape index (κ1) is 13.9. The zero-order valence-corrected chi connectivity index (χ0v) is 10.3. The molecule has 17 heavy (non-hydrogen) atoms. The summed E-state index contributed by atoms with van der Waals surface area (Å²) >= 11 is 0. The van der Waals surface area contributed by atoms with Crippen molar-refractivity contribution < 1.29 is 9.59 Å². The van der Waals surface area contributed by atoms with Gasteiger partial charge in [-0.1, -0.05) is 19.8 Å².